The van der Waals surface area contributed by atoms with Crippen LogP contribution in [0.15, 0.2) is 10.7 Å². The predicted octanol–water partition coefficient (Wildman–Crippen LogP) is 0.821. The van der Waals surface area contributed by atoms with Crippen LogP contribution in [0.4, 0.5) is 0 Å². The molecule has 1 aliphatic heterocycles. The van der Waals surface area contributed by atoms with Gasteiger partial charge in [0.05, 0.1) is 5.69 Å². The summed E-state index contributed by atoms with van der Waals surface area (Å²) in [4.78, 5) is 15.7. The lowest BCUT2D eigenvalue weighted by Gasteiger charge is -2.09. The van der Waals surface area contributed by atoms with E-state index in [1.165, 1.54) is 0 Å². The second kappa shape index (κ2) is 5.12. The van der Waals surface area contributed by atoms with Gasteiger partial charge in [-0.05, 0) is 12.8 Å². The number of ether oxygens (including phenoxy) is 1. The number of aromatic nitrogens is 1. The smallest absolute Gasteiger partial charge is 0.249 e. The second-order valence-electron chi connectivity index (χ2n) is 3.90. The van der Waals surface area contributed by atoms with Gasteiger partial charge in [0.1, 0.15) is 12.4 Å². The number of nitrogens with one attached hydrogen (secondary N) is 1. The van der Waals surface area contributed by atoms with Crippen molar-refractivity contribution in [3.05, 3.63) is 17.8 Å². The molecule has 1 N–H and O–H groups in total. The summed E-state index contributed by atoms with van der Waals surface area (Å²) >= 11 is 0. The van der Waals surface area contributed by atoms with Gasteiger partial charge in [-0.15, -0.1) is 0 Å². The number of nitrogens with zero attached hydrogens (tertiary/aromatic N) is 1. The Morgan fingerprint density at radius 1 is 1.69 bits per heavy atom. The van der Waals surface area contributed by atoms with Crippen LogP contribution in [0.2, 0.25) is 0 Å². The van der Waals surface area contributed by atoms with E-state index in [9.17, 15) is 4.79 Å². The molecule has 88 valence electrons. The van der Waals surface area contributed by atoms with Crippen LogP contribution in [-0.2, 0) is 16.0 Å². The summed E-state index contributed by atoms with van der Waals surface area (Å²) in [7, 11) is 0. The van der Waals surface area contributed by atoms with Crippen molar-refractivity contribution in [3.63, 3.8) is 0 Å². The zero-order valence-electron chi connectivity index (χ0n) is 9.36. The van der Waals surface area contributed by atoms with Crippen LogP contribution >= 0.6 is 0 Å². The summed E-state index contributed by atoms with van der Waals surface area (Å²) in [6.45, 7) is 3.07. The van der Waals surface area contributed by atoms with Crippen LogP contribution in [-0.4, -0.2) is 30.1 Å². The van der Waals surface area contributed by atoms with E-state index in [1.54, 1.807) is 13.2 Å². The minimum atomic E-state index is -0.251. The molecule has 1 amide bonds. The van der Waals surface area contributed by atoms with Gasteiger partial charge in [-0.3, -0.25) is 4.79 Å². The second-order valence-corrected chi connectivity index (χ2v) is 3.90. The topological polar surface area (TPSA) is 64.4 Å². The molecule has 5 heteroatoms. The van der Waals surface area contributed by atoms with Crippen molar-refractivity contribution in [2.24, 2.45) is 0 Å². The summed E-state index contributed by atoms with van der Waals surface area (Å²) in [5.41, 5.74) is 0.866. The van der Waals surface area contributed by atoms with Crippen molar-refractivity contribution in [2.75, 3.05) is 13.2 Å². The highest BCUT2D eigenvalue weighted by atomic mass is 16.5. The minimum Gasteiger partial charge on any atom is -0.449 e. The van der Waals surface area contributed by atoms with Gasteiger partial charge in [-0.2, -0.15) is 0 Å². The molecular formula is C11H16N2O3. The Labute approximate surface area is 94.2 Å². The van der Waals surface area contributed by atoms with Gasteiger partial charge < -0.3 is 14.5 Å². The van der Waals surface area contributed by atoms with Crippen LogP contribution in [0.3, 0.4) is 0 Å². The summed E-state index contributed by atoms with van der Waals surface area (Å²) in [5, 5.41) is 2.84. The molecule has 1 unspecified atom stereocenters. The van der Waals surface area contributed by atoms with Crippen molar-refractivity contribution < 1.29 is 13.9 Å². The standard InChI is InChI=1S/C11H16N2O3/c1-8-13-9(7-16-8)4-5-12-11(14)10-3-2-6-15-10/h7,10H,2-6H2,1H3,(H,12,14). The molecule has 1 atom stereocenters. The number of carbonyl (C=O) groups excluding carboxylic acids is 1. The highest BCUT2D eigenvalue weighted by Crippen LogP contribution is 2.11. The largest absolute Gasteiger partial charge is 0.449 e. The molecule has 5 nitrogen and oxygen atoms in total. The highest BCUT2D eigenvalue weighted by molar-refractivity contribution is 5.80. The average Bonchev–Trinajstić information content (AvgIpc) is 2.89. The van der Waals surface area contributed by atoms with E-state index >= 15 is 0 Å². The number of amides is 1. The van der Waals surface area contributed by atoms with Crippen molar-refractivity contribution >= 4 is 5.91 Å². The fraction of sp³-hybridized carbons (Fsp3) is 0.636. The lowest BCUT2D eigenvalue weighted by Crippen LogP contribution is -2.35. The molecule has 16 heavy (non-hydrogen) atoms. The van der Waals surface area contributed by atoms with Crippen molar-refractivity contribution in [3.8, 4) is 0 Å². The monoisotopic (exact) mass is 224 g/mol. The van der Waals surface area contributed by atoms with E-state index in [2.05, 4.69) is 10.3 Å². The Kier molecular flexibility index (Phi) is 3.56. The molecule has 2 heterocycles. The molecule has 1 aromatic rings. The van der Waals surface area contributed by atoms with Crippen LogP contribution in [0.5, 0.6) is 0 Å². The van der Waals surface area contributed by atoms with Crippen LogP contribution < -0.4 is 5.32 Å². The Hall–Kier alpha value is -1.36. The van der Waals surface area contributed by atoms with Crippen molar-refractivity contribution in [2.45, 2.75) is 32.3 Å². The van der Waals surface area contributed by atoms with E-state index in [0.29, 0.717) is 25.5 Å². The zero-order chi connectivity index (χ0) is 11.4. The SMILES string of the molecule is Cc1nc(CCNC(=O)C2CCCO2)co1. The number of hydrogen-bond acceptors (Lipinski definition) is 4. The molecule has 0 aliphatic carbocycles. The lowest BCUT2D eigenvalue weighted by molar-refractivity contribution is -0.129. The quantitative estimate of drug-likeness (QED) is 0.822. The summed E-state index contributed by atoms with van der Waals surface area (Å²) in [6.07, 6.45) is 3.86. The molecule has 1 fully saturated rings. The van der Waals surface area contributed by atoms with Crippen molar-refractivity contribution in [1.29, 1.82) is 0 Å². The Bertz CT molecular complexity index is 356. The molecule has 1 aliphatic rings. The van der Waals surface area contributed by atoms with E-state index < -0.39 is 0 Å². The van der Waals surface area contributed by atoms with Crippen LogP contribution in [0.25, 0.3) is 0 Å². The molecular weight excluding hydrogens is 208 g/mol. The minimum absolute atomic E-state index is 0.0160. The third-order valence-corrected chi connectivity index (χ3v) is 2.57. The molecule has 0 aromatic carbocycles. The fourth-order valence-corrected chi connectivity index (χ4v) is 1.74. The molecule has 0 saturated carbocycles. The van der Waals surface area contributed by atoms with Gasteiger partial charge in [-0.25, -0.2) is 4.98 Å². The lowest BCUT2D eigenvalue weighted by atomic mass is 10.2. The number of hydrogen-bond donors (Lipinski definition) is 1. The fourth-order valence-electron chi connectivity index (χ4n) is 1.74. The Morgan fingerprint density at radius 3 is 3.19 bits per heavy atom. The molecule has 0 radical (unpaired) electrons. The number of carbonyl (C=O) groups is 1. The van der Waals surface area contributed by atoms with E-state index in [1.807, 2.05) is 0 Å². The summed E-state index contributed by atoms with van der Waals surface area (Å²) in [6, 6.07) is 0. The van der Waals surface area contributed by atoms with E-state index in [4.69, 9.17) is 9.15 Å². The van der Waals surface area contributed by atoms with Gasteiger partial charge >= 0.3 is 0 Å². The molecule has 1 aromatic heterocycles. The van der Waals surface area contributed by atoms with Gasteiger partial charge in [0, 0.05) is 26.5 Å². The molecule has 0 bridgehead atoms. The zero-order valence-corrected chi connectivity index (χ0v) is 9.36. The Balaban J connectivity index is 1.69. The first-order valence-electron chi connectivity index (χ1n) is 5.56. The first kappa shape index (κ1) is 11.1. The van der Waals surface area contributed by atoms with Crippen LogP contribution in [0.1, 0.15) is 24.4 Å². The summed E-state index contributed by atoms with van der Waals surface area (Å²) < 4.78 is 10.3. The normalized spacial score (nSPS) is 19.9. The van der Waals surface area contributed by atoms with Gasteiger partial charge in [0.15, 0.2) is 5.89 Å². The average molecular weight is 224 g/mol. The predicted molar refractivity (Wildman–Crippen MR) is 56.9 cm³/mol. The molecule has 1 saturated heterocycles. The maximum atomic E-state index is 11.6. The summed E-state index contributed by atoms with van der Waals surface area (Å²) in [5.74, 6) is 0.637. The number of aryl methyl sites for hydroxylation is 1. The van der Waals surface area contributed by atoms with Crippen molar-refractivity contribution in [1.82, 2.24) is 10.3 Å². The first-order valence-corrected chi connectivity index (χ1v) is 5.56. The van der Waals surface area contributed by atoms with Crippen LogP contribution in [0, 0.1) is 6.92 Å². The Morgan fingerprint density at radius 2 is 2.56 bits per heavy atom. The third-order valence-electron chi connectivity index (χ3n) is 2.57. The highest BCUT2D eigenvalue weighted by Gasteiger charge is 2.22. The van der Waals surface area contributed by atoms with Gasteiger partial charge in [0.25, 0.3) is 0 Å². The number of rotatable bonds is 4. The first-order chi connectivity index (χ1) is 7.75. The van der Waals surface area contributed by atoms with Gasteiger partial charge in [0.2, 0.25) is 5.91 Å². The molecule has 2 rings (SSSR count). The van der Waals surface area contributed by atoms with E-state index in [-0.39, 0.29) is 12.0 Å². The third kappa shape index (κ3) is 2.82. The number of oxazole rings is 1. The van der Waals surface area contributed by atoms with Gasteiger partial charge in [-0.1, -0.05) is 0 Å². The molecule has 0 spiro atoms. The maximum absolute atomic E-state index is 11.6. The maximum Gasteiger partial charge on any atom is 0.249 e. The van der Waals surface area contributed by atoms with E-state index in [0.717, 1.165) is 18.5 Å².